The summed E-state index contributed by atoms with van der Waals surface area (Å²) in [5.74, 6) is -0.376. The van der Waals surface area contributed by atoms with Crippen LogP contribution in [0.4, 0.5) is 0 Å². The molecule has 3 aromatic rings. The van der Waals surface area contributed by atoms with Crippen LogP contribution in [0.5, 0.6) is 5.75 Å². The quantitative estimate of drug-likeness (QED) is 0.650. The molecule has 4 rings (SSSR count). The first-order valence-corrected chi connectivity index (χ1v) is 10.7. The van der Waals surface area contributed by atoms with Gasteiger partial charge in [-0.15, -0.1) is 11.3 Å². The smallest absolute Gasteiger partial charge is 0.338 e. The van der Waals surface area contributed by atoms with Crippen LogP contribution < -0.4 is 14.9 Å². The largest absolute Gasteiger partial charge is 0.507 e. The number of nitrogens with zero attached hydrogens (tertiary/aromatic N) is 2. The Morgan fingerprint density at radius 1 is 1.31 bits per heavy atom. The second-order valence-corrected chi connectivity index (χ2v) is 8.36. The first-order valence-electron chi connectivity index (χ1n) is 9.02. The van der Waals surface area contributed by atoms with Crippen LogP contribution in [0.2, 0.25) is 0 Å². The molecule has 2 aromatic heterocycles. The third-order valence-electron chi connectivity index (χ3n) is 4.55. The molecule has 0 bridgehead atoms. The van der Waals surface area contributed by atoms with Gasteiger partial charge in [0.05, 0.1) is 22.4 Å². The lowest BCUT2D eigenvalue weighted by Crippen LogP contribution is -2.39. The van der Waals surface area contributed by atoms with Crippen LogP contribution in [0.3, 0.4) is 0 Å². The third-order valence-corrected chi connectivity index (χ3v) is 6.46. The van der Waals surface area contributed by atoms with E-state index in [4.69, 9.17) is 4.74 Å². The molecule has 8 heteroatoms. The fraction of sp³-hybridized carbons (Fsp3) is 0.190. The summed E-state index contributed by atoms with van der Waals surface area (Å²) in [5.41, 5.74) is 1.20. The average Bonchev–Trinajstić information content (AvgIpc) is 3.32. The molecule has 0 radical (unpaired) electrons. The number of para-hydroxylation sites is 1. The van der Waals surface area contributed by atoms with Crippen molar-refractivity contribution in [3.05, 3.63) is 83.2 Å². The number of aromatic hydroxyl groups is 1. The molecule has 148 valence electrons. The highest BCUT2D eigenvalue weighted by molar-refractivity contribution is 7.10. The zero-order valence-corrected chi connectivity index (χ0v) is 17.4. The Bertz CT molecular complexity index is 1280. The van der Waals surface area contributed by atoms with E-state index in [0.717, 1.165) is 4.88 Å². The molecule has 1 aliphatic heterocycles. The maximum absolute atomic E-state index is 13.3. The van der Waals surface area contributed by atoms with E-state index in [1.165, 1.54) is 22.7 Å². The van der Waals surface area contributed by atoms with Crippen molar-refractivity contribution in [2.24, 2.45) is 4.99 Å². The lowest BCUT2D eigenvalue weighted by Gasteiger charge is -2.23. The van der Waals surface area contributed by atoms with Crippen LogP contribution >= 0.6 is 22.7 Å². The number of thiophene rings is 1. The number of phenols is 1. The zero-order valence-electron chi connectivity index (χ0n) is 15.8. The zero-order chi connectivity index (χ0) is 20.5. The standard InChI is InChI=1S/C21H18N2O4S2/c1-3-27-20(26)17-12(2)22-21-23(18(17)15-9-6-10-28-15)19(25)16(29-21)11-13-7-4-5-8-14(13)24/h4-11,18,24H,3H2,1-2H3/b16-11-/t18-/m0/s1. The molecule has 1 atom stereocenters. The molecule has 1 N–H and O–H groups in total. The van der Waals surface area contributed by atoms with Crippen molar-refractivity contribution in [1.82, 2.24) is 4.57 Å². The Morgan fingerprint density at radius 2 is 2.10 bits per heavy atom. The number of phenolic OH excluding ortho intramolecular Hbond substituents is 1. The summed E-state index contributed by atoms with van der Waals surface area (Å²) in [6.45, 7) is 3.74. The second kappa shape index (κ2) is 7.81. The minimum atomic E-state index is -0.586. The third kappa shape index (κ3) is 3.45. The van der Waals surface area contributed by atoms with E-state index in [1.807, 2.05) is 17.5 Å². The number of carbonyl (C=O) groups is 1. The summed E-state index contributed by atoms with van der Waals surface area (Å²) in [7, 11) is 0. The van der Waals surface area contributed by atoms with E-state index in [-0.39, 0.29) is 17.9 Å². The van der Waals surface area contributed by atoms with Crippen molar-refractivity contribution in [3.8, 4) is 5.75 Å². The van der Waals surface area contributed by atoms with Crippen molar-refractivity contribution in [2.75, 3.05) is 6.61 Å². The Hall–Kier alpha value is -2.97. The number of hydrogen-bond donors (Lipinski definition) is 1. The lowest BCUT2D eigenvalue weighted by molar-refractivity contribution is -0.139. The first kappa shape index (κ1) is 19.4. The van der Waals surface area contributed by atoms with Gasteiger partial charge in [0.1, 0.15) is 11.8 Å². The molecule has 3 heterocycles. The van der Waals surface area contributed by atoms with Gasteiger partial charge in [-0.05, 0) is 37.4 Å². The summed E-state index contributed by atoms with van der Waals surface area (Å²) in [4.78, 5) is 31.9. The van der Waals surface area contributed by atoms with Crippen LogP contribution in [0.1, 0.15) is 30.3 Å². The monoisotopic (exact) mass is 426 g/mol. The number of rotatable bonds is 4. The summed E-state index contributed by atoms with van der Waals surface area (Å²) in [5, 5.41) is 12.0. The highest BCUT2D eigenvalue weighted by Crippen LogP contribution is 2.33. The van der Waals surface area contributed by atoms with E-state index in [2.05, 4.69) is 4.99 Å². The summed E-state index contributed by atoms with van der Waals surface area (Å²) < 4.78 is 7.23. The predicted molar refractivity (Wildman–Crippen MR) is 113 cm³/mol. The number of benzene rings is 1. The van der Waals surface area contributed by atoms with Gasteiger partial charge in [0, 0.05) is 10.4 Å². The number of fused-ring (bicyclic) bond motifs is 1. The minimum Gasteiger partial charge on any atom is -0.507 e. The van der Waals surface area contributed by atoms with Gasteiger partial charge in [-0.1, -0.05) is 35.6 Å². The van der Waals surface area contributed by atoms with Gasteiger partial charge >= 0.3 is 5.97 Å². The van der Waals surface area contributed by atoms with E-state index >= 15 is 0 Å². The summed E-state index contributed by atoms with van der Waals surface area (Å²) >= 11 is 2.70. The van der Waals surface area contributed by atoms with Crippen LogP contribution in [-0.2, 0) is 9.53 Å². The van der Waals surface area contributed by atoms with Crippen molar-refractivity contribution in [2.45, 2.75) is 19.9 Å². The molecule has 0 saturated heterocycles. The number of allylic oxidation sites excluding steroid dienone is 1. The van der Waals surface area contributed by atoms with Crippen LogP contribution in [0.15, 0.2) is 62.8 Å². The van der Waals surface area contributed by atoms with Crippen LogP contribution in [0, 0.1) is 0 Å². The molecule has 6 nitrogen and oxygen atoms in total. The van der Waals surface area contributed by atoms with E-state index in [0.29, 0.717) is 26.2 Å². The molecule has 0 saturated carbocycles. The first-order chi connectivity index (χ1) is 14.0. The SMILES string of the molecule is CCOC(=O)C1=C(C)N=c2s/c(=C\c3ccccc3O)c(=O)n2[C@H]1c1cccs1. The van der Waals surface area contributed by atoms with Crippen molar-refractivity contribution in [1.29, 1.82) is 0 Å². The van der Waals surface area contributed by atoms with Gasteiger partial charge in [-0.2, -0.15) is 0 Å². The average molecular weight is 427 g/mol. The highest BCUT2D eigenvalue weighted by atomic mass is 32.1. The van der Waals surface area contributed by atoms with Crippen LogP contribution in [-0.4, -0.2) is 22.2 Å². The molecule has 1 aliphatic rings. The fourth-order valence-electron chi connectivity index (χ4n) is 3.26. The number of carbonyl (C=O) groups excluding carboxylic acids is 1. The van der Waals surface area contributed by atoms with E-state index in [9.17, 15) is 14.7 Å². The van der Waals surface area contributed by atoms with Crippen molar-refractivity contribution in [3.63, 3.8) is 0 Å². The molecular formula is C21H18N2O4S2. The summed E-state index contributed by atoms with van der Waals surface area (Å²) in [6, 6.07) is 10.0. The minimum absolute atomic E-state index is 0.0940. The Morgan fingerprint density at radius 3 is 2.79 bits per heavy atom. The molecule has 0 fully saturated rings. The maximum atomic E-state index is 13.3. The van der Waals surface area contributed by atoms with E-state index in [1.54, 1.807) is 48.8 Å². The molecule has 0 spiro atoms. The number of esters is 1. The lowest BCUT2D eigenvalue weighted by atomic mass is 10.0. The number of thiazole rings is 1. The van der Waals surface area contributed by atoms with Gasteiger partial charge in [0.25, 0.3) is 5.56 Å². The predicted octanol–water partition coefficient (Wildman–Crippen LogP) is 2.57. The second-order valence-electron chi connectivity index (χ2n) is 6.38. The Kier molecular flexibility index (Phi) is 5.21. The molecule has 1 aromatic carbocycles. The number of aromatic nitrogens is 1. The molecule has 0 unspecified atom stereocenters. The fourth-order valence-corrected chi connectivity index (χ4v) is 5.12. The van der Waals surface area contributed by atoms with Crippen molar-refractivity contribution < 1.29 is 14.6 Å². The maximum Gasteiger partial charge on any atom is 0.338 e. The molecule has 0 amide bonds. The van der Waals surface area contributed by atoms with Crippen LogP contribution in [0.25, 0.3) is 6.08 Å². The van der Waals surface area contributed by atoms with E-state index < -0.39 is 12.0 Å². The van der Waals surface area contributed by atoms with Gasteiger partial charge in [-0.3, -0.25) is 9.36 Å². The topological polar surface area (TPSA) is 80.9 Å². The molecular weight excluding hydrogens is 408 g/mol. The van der Waals surface area contributed by atoms with Gasteiger partial charge < -0.3 is 9.84 Å². The van der Waals surface area contributed by atoms with Crippen molar-refractivity contribution >= 4 is 34.7 Å². The van der Waals surface area contributed by atoms with Gasteiger partial charge in [0.15, 0.2) is 4.80 Å². The van der Waals surface area contributed by atoms with Gasteiger partial charge in [0.2, 0.25) is 0 Å². The summed E-state index contributed by atoms with van der Waals surface area (Å²) in [6.07, 6.45) is 1.65. The number of ether oxygens (including phenoxy) is 1. The van der Waals surface area contributed by atoms with Gasteiger partial charge in [-0.25, -0.2) is 9.79 Å². The molecule has 29 heavy (non-hydrogen) atoms. The number of hydrogen-bond acceptors (Lipinski definition) is 7. The Labute approximate surface area is 174 Å². The highest BCUT2D eigenvalue weighted by Gasteiger charge is 2.33. The molecule has 0 aliphatic carbocycles. The Balaban J connectivity index is 1.96. The normalized spacial score (nSPS) is 16.5.